The summed E-state index contributed by atoms with van der Waals surface area (Å²) in [4.78, 5) is 19.5. The number of likely N-dealkylation sites (tertiary alicyclic amines) is 1. The molecule has 0 radical (unpaired) electrons. The highest BCUT2D eigenvalue weighted by molar-refractivity contribution is 8.01. The quantitative estimate of drug-likeness (QED) is 0.254. The Bertz CT molecular complexity index is 1150. The number of hydrogen-bond donors (Lipinski definition) is 1. The van der Waals surface area contributed by atoms with Crippen LogP contribution in [0, 0.1) is 18.8 Å². The highest BCUT2D eigenvalue weighted by Gasteiger charge is 2.30. The Morgan fingerprint density at radius 2 is 2.14 bits per heavy atom. The lowest BCUT2D eigenvalue weighted by molar-refractivity contribution is -0.137. The minimum Gasteiger partial charge on any atom is -0.497 e. The van der Waals surface area contributed by atoms with Gasteiger partial charge < -0.3 is 14.7 Å². The molecule has 0 bridgehead atoms. The molecular formula is C28H35FN2O3S2. The molecule has 3 heterocycles. The molecule has 194 valence electrons. The van der Waals surface area contributed by atoms with E-state index in [-0.39, 0.29) is 12.3 Å². The van der Waals surface area contributed by atoms with E-state index in [1.54, 1.807) is 19.4 Å². The fourth-order valence-corrected chi connectivity index (χ4v) is 7.39. The van der Waals surface area contributed by atoms with E-state index in [0.29, 0.717) is 30.1 Å². The van der Waals surface area contributed by atoms with Gasteiger partial charge in [0.1, 0.15) is 11.9 Å². The maximum Gasteiger partial charge on any atom is 0.303 e. The highest BCUT2D eigenvalue weighted by Crippen LogP contribution is 2.37. The molecule has 0 amide bonds. The van der Waals surface area contributed by atoms with E-state index in [9.17, 15) is 9.90 Å². The largest absolute Gasteiger partial charge is 0.497 e. The minimum absolute atomic E-state index is 0.173. The van der Waals surface area contributed by atoms with Crippen LogP contribution in [0.25, 0.3) is 10.9 Å². The van der Waals surface area contributed by atoms with Crippen molar-refractivity contribution in [1.29, 1.82) is 0 Å². The first-order chi connectivity index (χ1) is 17.4. The molecule has 1 saturated heterocycles. The number of thiophene rings is 1. The lowest BCUT2D eigenvalue weighted by Crippen LogP contribution is -2.41. The van der Waals surface area contributed by atoms with Gasteiger partial charge in [-0.2, -0.15) is 0 Å². The number of methoxy groups -OCH3 is 1. The molecule has 1 fully saturated rings. The molecule has 1 aliphatic rings. The molecule has 1 unspecified atom stereocenters. The summed E-state index contributed by atoms with van der Waals surface area (Å²) in [5.41, 5.74) is 1.42. The predicted octanol–water partition coefficient (Wildman–Crippen LogP) is 7.00. The zero-order valence-electron chi connectivity index (χ0n) is 21.0. The van der Waals surface area contributed by atoms with Crippen LogP contribution in [0.5, 0.6) is 5.75 Å². The van der Waals surface area contributed by atoms with Crippen LogP contribution in [0.4, 0.5) is 4.39 Å². The second kappa shape index (κ2) is 12.9. The van der Waals surface area contributed by atoms with Crippen LogP contribution in [0.1, 0.15) is 48.7 Å². The fourth-order valence-electron chi connectivity index (χ4n) is 5.20. The number of aromatic nitrogens is 1. The molecule has 1 aliphatic heterocycles. The Balaban J connectivity index is 1.35. The zero-order valence-corrected chi connectivity index (χ0v) is 22.6. The molecule has 1 N–H and O–H groups in total. The van der Waals surface area contributed by atoms with Crippen LogP contribution in [0.2, 0.25) is 0 Å². The molecule has 0 aliphatic carbocycles. The number of fused-ring (bicyclic) bond motifs is 1. The lowest BCUT2D eigenvalue weighted by Gasteiger charge is -2.39. The number of aliphatic carboxylic acids is 1. The van der Waals surface area contributed by atoms with Crippen LogP contribution in [0.15, 0.2) is 46.8 Å². The molecule has 3 aromatic rings. The number of ether oxygens (including phenoxy) is 1. The summed E-state index contributed by atoms with van der Waals surface area (Å²) in [6.45, 7) is 5.01. The molecule has 4 rings (SSSR count). The number of halogens is 1. The number of carboxylic acid groups (broad SMARTS) is 1. The standard InChI is InChI=1S/C28H35FN2O3S2/c1-19-3-10-28(36-19)35-16-15-31-14-12-20(21(18-31)5-9-27(32)33)4-7-25(29)23-11-13-30-26-8-6-22(34-2)17-24(23)26/h3,6,8,10-11,13,17,20-21,25H,4-5,7,9,12,14-16,18H2,1-2H3,(H,32,33)/t20-,21+,25?/m1/s1. The average Bonchev–Trinajstić information content (AvgIpc) is 3.30. The Kier molecular flexibility index (Phi) is 9.62. The SMILES string of the molecule is COc1ccc2nccc(C(F)CC[C@@H]3CCN(CCSc4ccc(C)s4)C[C@@H]3CCC(=O)O)c2c1. The summed E-state index contributed by atoms with van der Waals surface area (Å²) in [5, 5.41) is 10.1. The number of carboxylic acids is 1. The summed E-state index contributed by atoms with van der Waals surface area (Å²) in [6, 6.07) is 11.7. The monoisotopic (exact) mass is 530 g/mol. The third kappa shape index (κ3) is 7.20. The van der Waals surface area contributed by atoms with Crippen LogP contribution in [-0.2, 0) is 4.79 Å². The van der Waals surface area contributed by atoms with Gasteiger partial charge in [-0.05, 0) is 92.9 Å². The number of carbonyl (C=O) groups is 1. The number of benzene rings is 1. The van der Waals surface area contributed by atoms with Crippen LogP contribution >= 0.6 is 23.1 Å². The Hall–Kier alpha value is -2.16. The van der Waals surface area contributed by atoms with Crippen LogP contribution in [-0.4, -0.2) is 53.5 Å². The van der Waals surface area contributed by atoms with E-state index in [1.165, 1.54) is 9.09 Å². The minimum atomic E-state index is -1.09. The van der Waals surface area contributed by atoms with Crippen molar-refractivity contribution in [2.75, 3.05) is 32.5 Å². The van der Waals surface area contributed by atoms with Gasteiger partial charge in [-0.15, -0.1) is 23.1 Å². The molecule has 5 nitrogen and oxygen atoms in total. The molecule has 8 heteroatoms. The summed E-state index contributed by atoms with van der Waals surface area (Å²) in [5.74, 6) is 1.59. The van der Waals surface area contributed by atoms with Gasteiger partial charge in [-0.25, -0.2) is 4.39 Å². The van der Waals surface area contributed by atoms with E-state index < -0.39 is 12.1 Å². The molecule has 0 spiro atoms. The van der Waals surface area contributed by atoms with E-state index in [0.717, 1.165) is 49.1 Å². The van der Waals surface area contributed by atoms with Gasteiger partial charge in [0, 0.05) is 41.7 Å². The number of hydrogen-bond acceptors (Lipinski definition) is 6. The first-order valence-corrected chi connectivity index (χ1v) is 14.4. The lowest BCUT2D eigenvalue weighted by atomic mass is 9.79. The van der Waals surface area contributed by atoms with Crippen molar-refractivity contribution in [2.45, 2.75) is 49.4 Å². The number of alkyl halides is 1. The third-order valence-corrected chi connectivity index (χ3v) is 9.39. The predicted molar refractivity (Wildman–Crippen MR) is 146 cm³/mol. The van der Waals surface area contributed by atoms with Crippen molar-refractivity contribution in [3.63, 3.8) is 0 Å². The second-order valence-corrected chi connectivity index (χ2v) is 12.3. The van der Waals surface area contributed by atoms with Crippen molar-refractivity contribution in [3.05, 3.63) is 53.0 Å². The summed E-state index contributed by atoms with van der Waals surface area (Å²) in [6.07, 6.45) is 3.58. The molecule has 3 atom stereocenters. The third-order valence-electron chi connectivity index (χ3n) is 7.18. The first-order valence-electron chi connectivity index (χ1n) is 12.6. The fraction of sp³-hybridized carbons (Fsp3) is 0.500. The van der Waals surface area contributed by atoms with Gasteiger partial charge in [-0.1, -0.05) is 0 Å². The van der Waals surface area contributed by atoms with Crippen molar-refractivity contribution >= 4 is 40.0 Å². The van der Waals surface area contributed by atoms with Crippen LogP contribution in [0.3, 0.4) is 0 Å². The summed E-state index contributed by atoms with van der Waals surface area (Å²) >= 11 is 3.72. The normalized spacial score (nSPS) is 19.4. The molecule has 36 heavy (non-hydrogen) atoms. The van der Waals surface area contributed by atoms with E-state index in [4.69, 9.17) is 4.74 Å². The number of rotatable bonds is 12. The second-order valence-electron chi connectivity index (χ2n) is 9.58. The molecule has 2 aromatic heterocycles. The Morgan fingerprint density at radius 3 is 2.89 bits per heavy atom. The summed E-state index contributed by atoms with van der Waals surface area (Å²) in [7, 11) is 1.61. The van der Waals surface area contributed by atoms with Crippen molar-refractivity contribution in [2.24, 2.45) is 11.8 Å². The van der Waals surface area contributed by atoms with E-state index in [1.807, 2.05) is 41.3 Å². The maximum absolute atomic E-state index is 15.5. The van der Waals surface area contributed by atoms with Crippen molar-refractivity contribution < 1.29 is 19.0 Å². The number of pyridine rings is 1. The van der Waals surface area contributed by atoms with E-state index >= 15 is 4.39 Å². The molecular weight excluding hydrogens is 495 g/mol. The van der Waals surface area contributed by atoms with E-state index in [2.05, 4.69) is 28.9 Å². The van der Waals surface area contributed by atoms with Gasteiger partial charge in [0.15, 0.2) is 0 Å². The van der Waals surface area contributed by atoms with Crippen molar-refractivity contribution in [1.82, 2.24) is 9.88 Å². The smallest absolute Gasteiger partial charge is 0.303 e. The van der Waals surface area contributed by atoms with Gasteiger partial charge in [-0.3, -0.25) is 9.78 Å². The van der Waals surface area contributed by atoms with Gasteiger partial charge in [0.2, 0.25) is 0 Å². The summed E-state index contributed by atoms with van der Waals surface area (Å²) < 4.78 is 22.2. The number of aryl methyl sites for hydroxylation is 1. The maximum atomic E-state index is 15.5. The number of thioether (sulfide) groups is 1. The molecule has 1 aromatic carbocycles. The highest BCUT2D eigenvalue weighted by atomic mass is 32.2. The molecule has 0 saturated carbocycles. The van der Waals surface area contributed by atoms with Crippen molar-refractivity contribution in [3.8, 4) is 5.75 Å². The first kappa shape index (κ1) is 26.9. The average molecular weight is 531 g/mol. The Morgan fingerprint density at radius 1 is 1.28 bits per heavy atom. The van der Waals surface area contributed by atoms with Gasteiger partial charge in [0.05, 0.1) is 16.8 Å². The van der Waals surface area contributed by atoms with Gasteiger partial charge in [0.25, 0.3) is 0 Å². The van der Waals surface area contributed by atoms with Crippen LogP contribution < -0.4 is 4.74 Å². The number of piperidine rings is 1. The Labute approximate surface area is 221 Å². The number of nitrogens with zero attached hydrogens (tertiary/aromatic N) is 2. The zero-order chi connectivity index (χ0) is 25.5. The van der Waals surface area contributed by atoms with Gasteiger partial charge >= 0.3 is 5.97 Å². The topological polar surface area (TPSA) is 62.7 Å².